The average Bonchev–Trinajstić information content (AvgIpc) is 2.68. The summed E-state index contributed by atoms with van der Waals surface area (Å²) >= 11 is 0. The van der Waals surface area contributed by atoms with E-state index >= 15 is 0 Å². The molecule has 0 bridgehead atoms. The summed E-state index contributed by atoms with van der Waals surface area (Å²) in [5, 5.41) is 14.7. The van der Waals surface area contributed by atoms with Gasteiger partial charge in [0.1, 0.15) is 11.4 Å². The zero-order valence-corrected chi connectivity index (χ0v) is 10.3. The van der Waals surface area contributed by atoms with Crippen LogP contribution < -0.4 is 0 Å². The van der Waals surface area contributed by atoms with Crippen molar-refractivity contribution < 1.29 is 5.11 Å². The minimum absolute atomic E-state index is 0.333. The van der Waals surface area contributed by atoms with Crippen LogP contribution in [0.1, 0.15) is 26.0 Å². The third-order valence-electron chi connectivity index (χ3n) is 2.83. The summed E-state index contributed by atoms with van der Waals surface area (Å²) in [4.78, 5) is 0. The molecular formula is C14H18N2O. The molecular weight excluding hydrogens is 212 g/mol. The van der Waals surface area contributed by atoms with Gasteiger partial charge in [-0.25, -0.2) is 0 Å². The van der Waals surface area contributed by atoms with E-state index in [0.29, 0.717) is 5.75 Å². The second-order valence-electron chi connectivity index (χ2n) is 4.08. The quantitative estimate of drug-likeness (QED) is 0.875. The Bertz CT molecular complexity index is 488. The van der Waals surface area contributed by atoms with Crippen LogP contribution in [0, 0.1) is 0 Å². The molecule has 3 nitrogen and oxygen atoms in total. The summed E-state index contributed by atoms with van der Waals surface area (Å²) in [7, 11) is 0. The molecule has 0 saturated carbocycles. The highest BCUT2D eigenvalue weighted by molar-refractivity contribution is 5.67. The SMILES string of the molecule is CCCc1nn(CC)c(-c2ccccc2)c1O. The third-order valence-corrected chi connectivity index (χ3v) is 2.83. The van der Waals surface area contributed by atoms with Crippen LogP contribution in [0.15, 0.2) is 30.3 Å². The first-order chi connectivity index (χ1) is 8.27. The van der Waals surface area contributed by atoms with Crippen LogP contribution >= 0.6 is 0 Å². The number of hydrogen-bond acceptors (Lipinski definition) is 2. The molecule has 0 fully saturated rings. The highest BCUT2D eigenvalue weighted by Gasteiger charge is 2.16. The Morgan fingerprint density at radius 2 is 1.88 bits per heavy atom. The molecule has 1 aromatic carbocycles. The molecule has 1 aromatic heterocycles. The van der Waals surface area contributed by atoms with Crippen molar-refractivity contribution in [3.8, 4) is 17.0 Å². The molecule has 0 aliphatic rings. The molecule has 0 amide bonds. The number of benzene rings is 1. The van der Waals surface area contributed by atoms with E-state index in [2.05, 4.69) is 12.0 Å². The Kier molecular flexibility index (Phi) is 3.47. The predicted octanol–water partition coefficient (Wildman–Crippen LogP) is 3.23. The van der Waals surface area contributed by atoms with Crippen LogP contribution in [0.5, 0.6) is 5.75 Å². The second-order valence-corrected chi connectivity index (χ2v) is 4.08. The van der Waals surface area contributed by atoms with Gasteiger partial charge in [-0.1, -0.05) is 43.7 Å². The zero-order chi connectivity index (χ0) is 12.3. The summed E-state index contributed by atoms with van der Waals surface area (Å²) in [6.45, 7) is 4.89. The smallest absolute Gasteiger partial charge is 0.164 e. The fourth-order valence-corrected chi connectivity index (χ4v) is 2.02. The zero-order valence-electron chi connectivity index (χ0n) is 10.3. The molecule has 0 radical (unpaired) electrons. The third kappa shape index (κ3) is 2.18. The van der Waals surface area contributed by atoms with E-state index in [4.69, 9.17) is 0 Å². The van der Waals surface area contributed by atoms with Gasteiger partial charge in [0, 0.05) is 12.1 Å². The van der Waals surface area contributed by atoms with E-state index in [1.165, 1.54) is 0 Å². The molecule has 2 rings (SSSR count). The van der Waals surface area contributed by atoms with Gasteiger partial charge in [-0.15, -0.1) is 0 Å². The van der Waals surface area contributed by atoms with Crippen LogP contribution in [0.2, 0.25) is 0 Å². The molecule has 0 unspecified atom stereocenters. The highest BCUT2D eigenvalue weighted by atomic mass is 16.3. The molecule has 17 heavy (non-hydrogen) atoms. The first-order valence-electron chi connectivity index (χ1n) is 6.12. The predicted molar refractivity (Wildman–Crippen MR) is 69.0 cm³/mol. The maximum atomic E-state index is 10.2. The van der Waals surface area contributed by atoms with Crippen LogP contribution in [0.4, 0.5) is 0 Å². The molecule has 90 valence electrons. The van der Waals surface area contributed by atoms with Crippen molar-refractivity contribution in [2.24, 2.45) is 0 Å². The number of aromatic hydroxyl groups is 1. The van der Waals surface area contributed by atoms with Gasteiger partial charge >= 0.3 is 0 Å². The van der Waals surface area contributed by atoms with Crippen molar-refractivity contribution in [2.45, 2.75) is 33.2 Å². The Morgan fingerprint density at radius 1 is 1.18 bits per heavy atom. The Balaban J connectivity index is 2.52. The largest absolute Gasteiger partial charge is 0.504 e. The van der Waals surface area contributed by atoms with Crippen LogP contribution in [-0.4, -0.2) is 14.9 Å². The van der Waals surface area contributed by atoms with E-state index in [-0.39, 0.29) is 0 Å². The average molecular weight is 230 g/mol. The minimum atomic E-state index is 0.333. The fourth-order valence-electron chi connectivity index (χ4n) is 2.02. The van der Waals surface area contributed by atoms with Crippen molar-refractivity contribution in [3.63, 3.8) is 0 Å². The maximum absolute atomic E-state index is 10.2. The van der Waals surface area contributed by atoms with Crippen molar-refractivity contribution in [1.29, 1.82) is 0 Å². The van der Waals surface area contributed by atoms with E-state index in [1.807, 2.05) is 41.9 Å². The molecule has 0 aliphatic carbocycles. The van der Waals surface area contributed by atoms with Crippen molar-refractivity contribution in [1.82, 2.24) is 9.78 Å². The standard InChI is InChI=1S/C14H18N2O/c1-3-8-12-14(17)13(16(4-2)15-12)11-9-6-5-7-10-11/h5-7,9-10,17H,3-4,8H2,1-2H3. The lowest BCUT2D eigenvalue weighted by molar-refractivity contribution is 0.469. The van der Waals surface area contributed by atoms with Gasteiger partial charge in [-0.2, -0.15) is 5.10 Å². The lowest BCUT2D eigenvalue weighted by Crippen LogP contribution is -1.99. The molecule has 3 heteroatoms. The van der Waals surface area contributed by atoms with Gasteiger partial charge < -0.3 is 5.11 Å². The summed E-state index contributed by atoms with van der Waals surface area (Å²) < 4.78 is 1.87. The number of aromatic nitrogens is 2. The first-order valence-corrected chi connectivity index (χ1v) is 6.12. The Hall–Kier alpha value is -1.77. The van der Waals surface area contributed by atoms with E-state index in [0.717, 1.165) is 36.3 Å². The maximum Gasteiger partial charge on any atom is 0.164 e. The van der Waals surface area contributed by atoms with Crippen molar-refractivity contribution in [2.75, 3.05) is 0 Å². The van der Waals surface area contributed by atoms with Crippen LogP contribution in [0.3, 0.4) is 0 Å². The van der Waals surface area contributed by atoms with E-state index < -0.39 is 0 Å². The monoisotopic (exact) mass is 230 g/mol. The molecule has 0 aliphatic heterocycles. The van der Waals surface area contributed by atoms with Crippen LogP contribution in [-0.2, 0) is 13.0 Å². The highest BCUT2D eigenvalue weighted by Crippen LogP contribution is 2.32. The lowest BCUT2D eigenvalue weighted by Gasteiger charge is -2.04. The van der Waals surface area contributed by atoms with Gasteiger partial charge in [0.2, 0.25) is 0 Å². The molecule has 2 aromatic rings. The summed E-state index contributed by atoms with van der Waals surface area (Å²) in [6.07, 6.45) is 1.81. The fraction of sp³-hybridized carbons (Fsp3) is 0.357. The van der Waals surface area contributed by atoms with E-state index in [9.17, 15) is 5.11 Å². The van der Waals surface area contributed by atoms with Gasteiger partial charge in [0.15, 0.2) is 5.75 Å². The van der Waals surface area contributed by atoms with Gasteiger partial charge in [0.05, 0.1) is 0 Å². The summed E-state index contributed by atoms with van der Waals surface area (Å²) in [5.74, 6) is 0.333. The summed E-state index contributed by atoms with van der Waals surface area (Å²) in [6, 6.07) is 9.92. The first kappa shape index (κ1) is 11.7. The topological polar surface area (TPSA) is 38.0 Å². The van der Waals surface area contributed by atoms with Crippen LogP contribution in [0.25, 0.3) is 11.3 Å². The van der Waals surface area contributed by atoms with Crippen molar-refractivity contribution >= 4 is 0 Å². The number of nitrogens with zero attached hydrogens (tertiary/aromatic N) is 2. The van der Waals surface area contributed by atoms with Gasteiger partial charge in [-0.05, 0) is 13.3 Å². The summed E-state index contributed by atoms with van der Waals surface area (Å²) in [5.41, 5.74) is 2.64. The molecule has 1 N–H and O–H groups in total. The molecule has 0 atom stereocenters. The normalized spacial score (nSPS) is 10.7. The molecule has 0 saturated heterocycles. The lowest BCUT2D eigenvalue weighted by atomic mass is 10.1. The molecule has 0 spiro atoms. The minimum Gasteiger partial charge on any atom is -0.504 e. The molecule has 1 heterocycles. The van der Waals surface area contributed by atoms with Crippen molar-refractivity contribution in [3.05, 3.63) is 36.0 Å². The van der Waals surface area contributed by atoms with Gasteiger partial charge in [-0.3, -0.25) is 4.68 Å². The van der Waals surface area contributed by atoms with E-state index in [1.54, 1.807) is 0 Å². The number of rotatable bonds is 4. The number of aryl methyl sites for hydroxylation is 2. The Labute approximate surface area is 102 Å². The Morgan fingerprint density at radius 3 is 2.47 bits per heavy atom. The number of hydrogen-bond donors (Lipinski definition) is 1. The van der Waals surface area contributed by atoms with Gasteiger partial charge in [0.25, 0.3) is 0 Å². The second kappa shape index (κ2) is 5.04.